The fourth-order valence-corrected chi connectivity index (χ4v) is 3.75. The molecule has 2 heterocycles. The molecule has 1 fully saturated rings. The fourth-order valence-electron chi connectivity index (χ4n) is 3.33. The molecule has 1 aromatic heterocycles. The number of likely N-dealkylation sites (tertiary alicyclic amines) is 1. The van der Waals surface area contributed by atoms with Gasteiger partial charge in [0.25, 0.3) is 0 Å². The third-order valence-electron chi connectivity index (χ3n) is 4.55. The van der Waals surface area contributed by atoms with E-state index in [1.165, 1.54) is 0 Å². The molecule has 0 saturated carbocycles. The van der Waals surface area contributed by atoms with Crippen LogP contribution >= 0.6 is 15.9 Å². The summed E-state index contributed by atoms with van der Waals surface area (Å²) in [6, 6.07) is 12.3. The smallest absolute Gasteiger partial charge is 0.307 e. The molecule has 4 nitrogen and oxygen atoms in total. The summed E-state index contributed by atoms with van der Waals surface area (Å²) in [5, 5.41) is 9.41. The predicted molar refractivity (Wildman–Crippen MR) is 96.9 cm³/mol. The second kappa shape index (κ2) is 7.45. The molecule has 2 atom stereocenters. The molecule has 3 rings (SSSR count). The molecule has 126 valence electrons. The van der Waals surface area contributed by atoms with Gasteiger partial charge in [-0.15, -0.1) is 0 Å². The normalized spacial score (nSPS) is 19.8. The van der Waals surface area contributed by atoms with E-state index >= 15 is 0 Å². The monoisotopic (exact) mass is 388 g/mol. The molecule has 0 bridgehead atoms. The lowest BCUT2D eigenvalue weighted by Gasteiger charge is -2.37. The van der Waals surface area contributed by atoms with Crippen LogP contribution in [0.15, 0.2) is 47.1 Å². The zero-order valence-corrected chi connectivity index (χ0v) is 15.2. The van der Waals surface area contributed by atoms with Crippen molar-refractivity contribution >= 4 is 21.9 Å². The van der Waals surface area contributed by atoms with Gasteiger partial charge in [0.2, 0.25) is 0 Å². The molecule has 1 aliphatic rings. The highest BCUT2D eigenvalue weighted by Crippen LogP contribution is 2.32. The number of carbonyl (C=O) groups is 1. The first-order chi connectivity index (χ1) is 11.5. The Morgan fingerprint density at radius 2 is 2.21 bits per heavy atom. The molecule has 1 aliphatic heterocycles. The Labute approximate surface area is 150 Å². The van der Waals surface area contributed by atoms with Crippen LogP contribution in [0.3, 0.4) is 0 Å². The number of aliphatic carboxylic acids is 1. The van der Waals surface area contributed by atoms with E-state index in [1.54, 1.807) is 0 Å². The minimum Gasteiger partial charge on any atom is -0.481 e. The third kappa shape index (κ3) is 3.84. The minimum absolute atomic E-state index is 0.0229. The summed E-state index contributed by atoms with van der Waals surface area (Å²) < 4.78 is 1.02. The Kier molecular flexibility index (Phi) is 5.31. The van der Waals surface area contributed by atoms with Gasteiger partial charge in [-0.25, -0.2) is 0 Å². The summed E-state index contributed by atoms with van der Waals surface area (Å²) >= 11 is 3.54. The van der Waals surface area contributed by atoms with Crippen LogP contribution in [0.25, 0.3) is 0 Å². The Hall–Kier alpha value is -1.72. The Balaban J connectivity index is 1.98. The van der Waals surface area contributed by atoms with E-state index in [0.717, 1.165) is 40.7 Å². The predicted octanol–water partition coefficient (Wildman–Crippen LogP) is 4.04. The number of piperidine rings is 1. The lowest BCUT2D eigenvalue weighted by atomic mass is 9.93. The van der Waals surface area contributed by atoms with E-state index in [9.17, 15) is 9.90 Å². The van der Waals surface area contributed by atoms with Gasteiger partial charge >= 0.3 is 5.97 Å². The molecule has 0 amide bonds. The molecule has 2 unspecified atom stereocenters. The van der Waals surface area contributed by atoms with Crippen LogP contribution < -0.4 is 0 Å². The zero-order chi connectivity index (χ0) is 17.1. The largest absolute Gasteiger partial charge is 0.481 e. The van der Waals surface area contributed by atoms with Crippen molar-refractivity contribution in [1.82, 2.24) is 9.88 Å². The number of hydrogen-bond acceptors (Lipinski definition) is 3. The summed E-state index contributed by atoms with van der Waals surface area (Å²) in [7, 11) is 0. The quantitative estimate of drug-likeness (QED) is 0.858. The lowest BCUT2D eigenvalue weighted by molar-refractivity contribution is -0.143. The molecule has 24 heavy (non-hydrogen) atoms. The first-order valence-corrected chi connectivity index (χ1v) is 8.99. The average Bonchev–Trinajstić information content (AvgIpc) is 2.57. The topological polar surface area (TPSA) is 53.4 Å². The van der Waals surface area contributed by atoms with Gasteiger partial charge in [0.05, 0.1) is 17.7 Å². The number of hydrogen-bond donors (Lipinski definition) is 1. The number of aromatic nitrogens is 1. The van der Waals surface area contributed by atoms with Crippen LogP contribution in [0.5, 0.6) is 0 Å². The minimum atomic E-state index is -0.704. The van der Waals surface area contributed by atoms with Crippen molar-refractivity contribution in [3.63, 3.8) is 0 Å². The molecule has 1 aromatic carbocycles. The molecular weight excluding hydrogens is 368 g/mol. The number of benzene rings is 1. The molecule has 2 aromatic rings. The van der Waals surface area contributed by atoms with Gasteiger partial charge in [-0.1, -0.05) is 34.1 Å². The maximum absolute atomic E-state index is 11.4. The summed E-state index contributed by atoms with van der Waals surface area (Å²) in [6.45, 7) is 3.46. The van der Waals surface area contributed by atoms with E-state index < -0.39 is 5.97 Å². The van der Waals surface area contributed by atoms with E-state index in [0.29, 0.717) is 6.54 Å². The van der Waals surface area contributed by atoms with Gasteiger partial charge < -0.3 is 5.11 Å². The summed E-state index contributed by atoms with van der Waals surface area (Å²) in [4.78, 5) is 18.3. The summed E-state index contributed by atoms with van der Waals surface area (Å²) in [6.07, 6.45) is 3.52. The second-order valence-corrected chi connectivity index (χ2v) is 7.31. The molecule has 0 spiro atoms. The first-order valence-electron chi connectivity index (χ1n) is 8.19. The SMILES string of the molecule is Cc1ccc(C(c2cccc(Br)c2)N2CCCC(C(=O)O)C2)nc1. The Morgan fingerprint density at radius 1 is 1.38 bits per heavy atom. The van der Waals surface area contributed by atoms with Crippen LogP contribution in [0.1, 0.15) is 35.7 Å². The number of nitrogens with zero attached hydrogens (tertiary/aromatic N) is 2. The lowest BCUT2D eigenvalue weighted by Crippen LogP contribution is -2.41. The highest BCUT2D eigenvalue weighted by atomic mass is 79.9. The van der Waals surface area contributed by atoms with Crippen LogP contribution in [0.4, 0.5) is 0 Å². The van der Waals surface area contributed by atoms with Crippen molar-refractivity contribution < 1.29 is 9.90 Å². The van der Waals surface area contributed by atoms with Gasteiger partial charge in [-0.3, -0.25) is 14.7 Å². The molecule has 0 radical (unpaired) electrons. The Bertz CT molecular complexity index is 718. The van der Waals surface area contributed by atoms with Crippen molar-refractivity contribution in [3.05, 3.63) is 63.9 Å². The number of halogens is 1. The Morgan fingerprint density at radius 3 is 2.88 bits per heavy atom. The van der Waals surface area contributed by atoms with Crippen LogP contribution in [0.2, 0.25) is 0 Å². The maximum Gasteiger partial charge on any atom is 0.307 e. The summed E-state index contributed by atoms with van der Waals surface area (Å²) in [5.41, 5.74) is 3.21. The summed E-state index contributed by atoms with van der Waals surface area (Å²) in [5.74, 6) is -1.01. The standard InChI is InChI=1S/C19H21BrN2O2/c1-13-7-8-17(21-11-13)18(14-4-2-6-16(20)10-14)22-9-3-5-15(12-22)19(23)24/h2,4,6-8,10-11,15,18H,3,5,9,12H2,1H3,(H,23,24). The van der Waals surface area contributed by atoms with Crippen LogP contribution in [0, 0.1) is 12.8 Å². The van der Waals surface area contributed by atoms with E-state index in [1.807, 2.05) is 31.3 Å². The average molecular weight is 389 g/mol. The molecule has 5 heteroatoms. The first kappa shape index (κ1) is 17.1. The highest BCUT2D eigenvalue weighted by molar-refractivity contribution is 9.10. The van der Waals surface area contributed by atoms with Gasteiger partial charge in [-0.2, -0.15) is 0 Å². The van der Waals surface area contributed by atoms with Gasteiger partial charge in [0.1, 0.15) is 0 Å². The van der Waals surface area contributed by atoms with Crippen molar-refractivity contribution in [2.75, 3.05) is 13.1 Å². The highest BCUT2D eigenvalue weighted by Gasteiger charge is 2.31. The molecule has 1 N–H and O–H groups in total. The van der Waals surface area contributed by atoms with Crippen LogP contribution in [-0.2, 0) is 4.79 Å². The van der Waals surface area contributed by atoms with Crippen LogP contribution in [-0.4, -0.2) is 34.0 Å². The maximum atomic E-state index is 11.4. The number of aryl methyl sites for hydroxylation is 1. The number of rotatable bonds is 4. The van der Waals surface area contributed by atoms with Crippen molar-refractivity contribution in [1.29, 1.82) is 0 Å². The van der Waals surface area contributed by atoms with Gasteiger partial charge in [0, 0.05) is 17.2 Å². The van der Waals surface area contributed by atoms with E-state index in [2.05, 4.69) is 44.0 Å². The van der Waals surface area contributed by atoms with Crippen molar-refractivity contribution in [3.8, 4) is 0 Å². The fraction of sp³-hybridized carbons (Fsp3) is 0.368. The van der Waals surface area contributed by atoms with E-state index in [4.69, 9.17) is 0 Å². The van der Waals surface area contributed by atoms with Gasteiger partial charge in [0.15, 0.2) is 0 Å². The van der Waals surface area contributed by atoms with Crippen molar-refractivity contribution in [2.24, 2.45) is 5.92 Å². The number of carboxylic acid groups (broad SMARTS) is 1. The molecule has 1 saturated heterocycles. The number of carboxylic acids is 1. The third-order valence-corrected chi connectivity index (χ3v) is 5.04. The molecular formula is C19H21BrN2O2. The van der Waals surface area contributed by atoms with Crippen molar-refractivity contribution in [2.45, 2.75) is 25.8 Å². The second-order valence-electron chi connectivity index (χ2n) is 6.39. The van der Waals surface area contributed by atoms with E-state index in [-0.39, 0.29) is 12.0 Å². The van der Waals surface area contributed by atoms with Gasteiger partial charge in [-0.05, 0) is 55.6 Å². The number of pyridine rings is 1. The zero-order valence-electron chi connectivity index (χ0n) is 13.7. The molecule has 0 aliphatic carbocycles.